The molecule has 0 saturated carbocycles. The lowest BCUT2D eigenvalue weighted by molar-refractivity contribution is 0.0828. The average molecular weight is 245 g/mol. The number of hydrogen-bond acceptors (Lipinski definition) is 3. The SMILES string of the molecule is CCCOCCC(O)c1cccc2ncccc12. The van der Waals surface area contributed by atoms with Crippen molar-refractivity contribution < 1.29 is 9.84 Å². The Balaban J connectivity index is 2.10. The lowest BCUT2D eigenvalue weighted by atomic mass is 10.0. The molecule has 2 aromatic rings. The smallest absolute Gasteiger partial charge is 0.0818 e. The van der Waals surface area contributed by atoms with Gasteiger partial charge in [-0.1, -0.05) is 25.1 Å². The third-order valence-electron chi connectivity index (χ3n) is 2.92. The summed E-state index contributed by atoms with van der Waals surface area (Å²) in [5.41, 5.74) is 1.85. The molecule has 1 unspecified atom stereocenters. The molecule has 3 nitrogen and oxygen atoms in total. The summed E-state index contributed by atoms with van der Waals surface area (Å²) in [4.78, 5) is 4.29. The maximum absolute atomic E-state index is 10.2. The van der Waals surface area contributed by atoms with Crippen molar-refractivity contribution in [2.45, 2.75) is 25.9 Å². The van der Waals surface area contributed by atoms with Gasteiger partial charge in [0.05, 0.1) is 11.6 Å². The Bertz CT molecular complexity index is 493. The Hall–Kier alpha value is -1.45. The Kier molecular flexibility index (Phi) is 4.67. The molecule has 1 aromatic heterocycles. The molecule has 0 saturated heterocycles. The van der Waals surface area contributed by atoms with Crippen molar-refractivity contribution in [2.24, 2.45) is 0 Å². The third-order valence-corrected chi connectivity index (χ3v) is 2.92. The summed E-state index contributed by atoms with van der Waals surface area (Å²) < 4.78 is 5.41. The van der Waals surface area contributed by atoms with Crippen LogP contribution in [0.5, 0.6) is 0 Å². The number of fused-ring (bicyclic) bond motifs is 1. The van der Waals surface area contributed by atoms with Crippen molar-refractivity contribution in [3.8, 4) is 0 Å². The molecule has 0 fully saturated rings. The van der Waals surface area contributed by atoms with Gasteiger partial charge in [-0.15, -0.1) is 0 Å². The van der Waals surface area contributed by atoms with Crippen LogP contribution in [0.2, 0.25) is 0 Å². The molecule has 0 bridgehead atoms. The van der Waals surface area contributed by atoms with E-state index >= 15 is 0 Å². The molecule has 2 rings (SSSR count). The molecule has 0 aliphatic heterocycles. The summed E-state index contributed by atoms with van der Waals surface area (Å²) in [6.45, 7) is 3.42. The number of aromatic nitrogens is 1. The minimum absolute atomic E-state index is 0.491. The van der Waals surface area contributed by atoms with Crippen LogP contribution in [0.3, 0.4) is 0 Å². The first-order valence-electron chi connectivity index (χ1n) is 6.42. The van der Waals surface area contributed by atoms with Gasteiger partial charge in [-0.25, -0.2) is 0 Å². The first-order valence-corrected chi connectivity index (χ1v) is 6.42. The van der Waals surface area contributed by atoms with Crippen molar-refractivity contribution in [2.75, 3.05) is 13.2 Å². The second-order valence-corrected chi connectivity index (χ2v) is 4.33. The minimum Gasteiger partial charge on any atom is -0.388 e. The normalized spacial score (nSPS) is 12.8. The first kappa shape index (κ1) is 13.0. The highest BCUT2D eigenvalue weighted by molar-refractivity contribution is 5.82. The van der Waals surface area contributed by atoms with Crippen molar-refractivity contribution in [3.05, 3.63) is 42.1 Å². The molecule has 0 amide bonds. The molecule has 0 aliphatic carbocycles. The standard InChI is InChI=1S/C15H19NO2/c1-2-10-18-11-8-15(17)13-5-3-7-14-12(13)6-4-9-16-14/h3-7,9,15,17H,2,8,10-11H2,1H3. The fraction of sp³-hybridized carbons (Fsp3) is 0.400. The zero-order chi connectivity index (χ0) is 12.8. The zero-order valence-corrected chi connectivity index (χ0v) is 10.7. The first-order chi connectivity index (χ1) is 8.83. The molecule has 0 spiro atoms. The summed E-state index contributed by atoms with van der Waals surface area (Å²) >= 11 is 0. The lowest BCUT2D eigenvalue weighted by Crippen LogP contribution is -2.04. The Morgan fingerprint density at radius 1 is 1.22 bits per heavy atom. The van der Waals surface area contributed by atoms with Crippen LogP contribution in [0.1, 0.15) is 31.4 Å². The zero-order valence-electron chi connectivity index (χ0n) is 10.7. The number of aliphatic hydroxyl groups is 1. The third kappa shape index (κ3) is 3.06. The van der Waals surface area contributed by atoms with Crippen LogP contribution in [0.15, 0.2) is 36.5 Å². The second kappa shape index (κ2) is 6.47. The predicted molar refractivity (Wildman–Crippen MR) is 72.4 cm³/mol. The lowest BCUT2D eigenvalue weighted by Gasteiger charge is -2.13. The average Bonchev–Trinajstić information content (AvgIpc) is 2.43. The van der Waals surface area contributed by atoms with E-state index in [-0.39, 0.29) is 0 Å². The molecule has 0 aliphatic rings. The van der Waals surface area contributed by atoms with Gasteiger partial charge in [-0.05, 0) is 24.1 Å². The molecular formula is C15H19NO2. The van der Waals surface area contributed by atoms with E-state index in [1.165, 1.54) is 0 Å². The van der Waals surface area contributed by atoms with Gasteiger partial charge in [0.2, 0.25) is 0 Å². The van der Waals surface area contributed by atoms with E-state index in [9.17, 15) is 5.11 Å². The highest BCUT2D eigenvalue weighted by Crippen LogP contribution is 2.24. The van der Waals surface area contributed by atoms with Gasteiger partial charge < -0.3 is 9.84 Å². The van der Waals surface area contributed by atoms with Gasteiger partial charge in [0, 0.05) is 31.2 Å². The number of hydrogen-bond donors (Lipinski definition) is 1. The Labute approximate surface area is 107 Å². The topological polar surface area (TPSA) is 42.4 Å². The fourth-order valence-electron chi connectivity index (χ4n) is 2.01. The van der Waals surface area contributed by atoms with Crippen LogP contribution >= 0.6 is 0 Å². The fourth-order valence-corrected chi connectivity index (χ4v) is 2.01. The molecular weight excluding hydrogens is 226 g/mol. The highest BCUT2D eigenvalue weighted by Gasteiger charge is 2.11. The van der Waals surface area contributed by atoms with Crippen LogP contribution in [-0.4, -0.2) is 23.3 Å². The summed E-state index contributed by atoms with van der Waals surface area (Å²) in [6.07, 6.45) is 2.90. The van der Waals surface area contributed by atoms with E-state index < -0.39 is 6.10 Å². The van der Waals surface area contributed by atoms with Crippen molar-refractivity contribution in [1.82, 2.24) is 4.98 Å². The monoisotopic (exact) mass is 245 g/mol. The van der Waals surface area contributed by atoms with Crippen LogP contribution in [0.4, 0.5) is 0 Å². The van der Waals surface area contributed by atoms with Gasteiger partial charge >= 0.3 is 0 Å². The second-order valence-electron chi connectivity index (χ2n) is 4.33. The number of pyridine rings is 1. The van der Waals surface area contributed by atoms with Gasteiger partial charge in [0.1, 0.15) is 0 Å². The van der Waals surface area contributed by atoms with Gasteiger partial charge in [-0.2, -0.15) is 0 Å². The number of nitrogens with zero attached hydrogens (tertiary/aromatic N) is 1. The molecule has 1 heterocycles. The van der Waals surface area contributed by atoms with Crippen molar-refractivity contribution >= 4 is 10.9 Å². The van der Waals surface area contributed by atoms with Crippen molar-refractivity contribution in [1.29, 1.82) is 0 Å². The maximum Gasteiger partial charge on any atom is 0.0818 e. The van der Waals surface area contributed by atoms with E-state index in [2.05, 4.69) is 11.9 Å². The number of ether oxygens (including phenoxy) is 1. The number of benzene rings is 1. The van der Waals surface area contributed by atoms with Crippen LogP contribution in [0.25, 0.3) is 10.9 Å². The van der Waals surface area contributed by atoms with Crippen molar-refractivity contribution in [3.63, 3.8) is 0 Å². The van der Waals surface area contributed by atoms with E-state index in [1.54, 1.807) is 6.20 Å². The largest absolute Gasteiger partial charge is 0.388 e. The summed E-state index contributed by atoms with van der Waals surface area (Å²) in [6, 6.07) is 9.73. The summed E-state index contributed by atoms with van der Waals surface area (Å²) in [5.74, 6) is 0. The highest BCUT2D eigenvalue weighted by atomic mass is 16.5. The van der Waals surface area contributed by atoms with Gasteiger partial charge in [0.25, 0.3) is 0 Å². The number of rotatable bonds is 6. The molecule has 18 heavy (non-hydrogen) atoms. The quantitative estimate of drug-likeness (QED) is 0.795. The van der Waals surface area contributed by atoms with E-state index in [0.29, 0.717) is 13.0 Å². The Morgan fingerprint density at radius 3 is 2.94 bits per heavy atom. The molecule has 1 N–H and O–H groups in total. The summed E-state index contributed by atoms with van der Waals surface area (Å²) in [5, 5.41) is 11.2. The van der Waals surface area contributed by atoms with E-state index in [1.807, 2.05) is 30.3 Å². The number of aliphatic hydroxyl groups excluding tert-OH is 1. The minimum atomic E-state index is -0.491. The van der Waals surface area contributed by atoms with E-state index in [4.69, 9.17) is 4.74 Å². The predicted octanol–water partition coefficient (Wildman–Crippen LogP) is 3.08. The van der Waals surface area contributed by atoms with Gasteiger partial charge in [0.15, 0.2) is 0 Å². The Morgan fingerprint density at radius 2 is 2.11 bits per heavy atom. The molecule has 3 heteroatoms. The molecule has 96 valence electrons. The van der Waals surface area contributed by atoms with E-state index in [0.717, 1.165) is 29.5 Å². The van der Waals surface area contributed by atoms with Crippen LogP contribution in [-0.2, 0) is 4.74 Å². The molecule has 0 radical (unpaired) electrons. The van der Waals surface area contributed by atoms with Crippen LogP contribution in [0, 0.1) is 0 Å². The molecule has 1 atom stereocenters. The van der Waals surface area contributed by atoms with Gasteiger partial charge in [-0.3, -0.25) is 4.98 Å². The van der Waals surface area contributed by atoms with Crippen LogP contribution < -0.4 is 0 Å². The maximum atomic E-state index is 10.2. The molecule has 1 aromatic carbocycles. The summed E-state index contributed by atoms with van der Waals surface area (Å²) in [7, 11) is 0.